The van der Waals surface area contributed by atoms with E-state index in [9.17, 15) is 4.79 Å². The third-order valence-corrected chi connectivity index (χ3v) is 4.40. The molecule has 0 aliphatic carbocycles. The SMILES string of the molecule is CN(C[C@H]1Cc2ccccc2O1)C(=O)c1ccc(-c2cncnc2)nc1. The van der Waals surface area contributed by atoms with E-state index in [0.717, 1.165) is 23.4 Å². The van der Waals surface area contributed by atoms with Gasteiger partial charge in [-0.15, -0.1) is 0 Å². The second kappa shape index (κ2) is 6.92. The molecule has 1 aromatic carbocycles. The van der Waals surface area contributed by atoms with Crippen LogP contribution < -0.4 is 4.74 Å². The number of nitrogens with zero attached hydrogens (tertiary/aromatic N) is 4. The number of likely N-dealkylation sites (N-methyl/N-ethyl adjacent to an activating group) is 1. The van der Waals surface area contributed by atoms with E-state index in [1.807, 2.05) is 24.3 Å². The largest absolute Gasteiger partial charge is 0.488 e. The molecule has 6 heteroatoms. The Morgan fingerprint density at radius 3 is 2.69 bits per heavy atom. The maximum atomic E-state index is 12.7. The van der Waals surface area contributed by atoms with Gasteiger partial charge in [0, 0.05) is 37.6 Å². The summed E-state index contributed by atoms with van der Waals surface area (Å²) in [7, 11) is 1.79. The molecule has 0 spiro atoms. The molecule has 130 valence electrons. The maximum Gasteiger partial charge on any atom is 0.255 e. The first-order valence-corrected chi connectivity index (χ1v) is 8.42. The second-order valence-electron chi connectivity index (χ2n) is 6.30. The van der Waals surface area contributed by atoms with E-state index < -0.39 is 0 Å². The molecular weight excluding hydrogens is 328 g/mol. The first-order chi connectivity index (χ1) is 12.7. The average Bonchev–Trinajstić information content (AvgIpc) is 3.10. The normalized spacial score (nSPS) is 15.2. The van der Waals surface area contributed by atoms with Gasteiger partial charge in [-0.25, -0.2) is 9.97 Å². The molecule has 1 amide bonds. The van der Waals surface area contributed by atoms with Crippen LogP contribution >= 0.6 is 0 Å². The molecule has 0 N–H and O–H groups in total. The predicted octanol–water partition coefficient (Wildman–Crippen LogP) is 2.61. The van der Waals surface area contributed by atoms with Gasteiger partial charge in [-0.1, -0.05) is 18.2 Å². The molecule has 0 saturated heterocycles. The van der Waals surface area contributed by atoms with Crippen molar-refractivity contribution >= 4 is 5.91 Å². The number of rotatable bonds is 4. The van der Waals surface area contributed by atoms with Crippen LogP contribution in [-0.2, 0) is 6.42 Å². The van der Waals surface area contributed by atoms with E-state index in [-0.39, 0.29) is 12.0 Å². The molecule has 26 heavy (non-hydrogen) atoms. The van der Waals surface area contributed by atoms with Crippen molar-refractivity contribution in [2.45, 2.75) is 12.5 Å². The van der Waals surface area contributed by atoms with Crippen molar-refractivity contribution in [3.8, 4) is 17.0 Å². The second-order valence-corrected chi connectivity index (χ2v) is 6.30. The highest BCUT2D eigenvalue weighted by atomic mass is 16.5. The van der Waals surface area contributed by atoms with E-state index in [0.29, 0.717) is 12.1 Å². The molecule has 1 aliphatic heterocycles. The Morgan fingerprint density at radius 1 is 1.15 bits per heavy atom. The van der Waals surface area contributed by atoms with Crippen LogP contribution in [0.25, 0.3) is 11.3 Å². The van der Waals surface area contributed by atoms with Crippen LogP contribution in [0.3, 0.4) is 0 Å². The lowest BCUT2D eigenvalue weighted by Gasteiger charge is -2.21. The Bertz CT molecular complexity index is 888. The van der Waals surface area contributed by atoms with Crippen molar-refractivity contribution in [1.82, 2.24) is 19.9 Å². The lowest BCUT2D eigenvalue weighted by atomic mass is 10.1. The minimum absolute atomic E-state index is 0.0185. The van der Waals surface area contributed by atoms with E-state index in [4.69, 9.17) is 4.74 Å². The van der Waals surface area contributed by atoms with Gasteiger partial charge in [-0.2, -0.15) is 0 Å². The fourth-order valence-corrected chi connectivity index (χ4v) is 3.09. The molecule has 0 fully saturated rings. The van der Waals surface area contributed by atoms with Crippen LogP contribution in [0.4, 0.5) is 0 Å². The number of carbonyl (C=O) groups excluding carboxylic acids is 1. The van der Waals surface area contributed by atoms with Crippen molar-refractivity contribution in [2.24, 2.45) is 0 Å². The van der Waals surface area contributed by atoms with Gasteiger partial charge in [-0.05, 0) is 23.8 Å². The van der Waals surface area contributed by atoms with E-state index in [2.05, 4.69) is 21.0 Å². The quantitative estimate of drug-likeness (QED) is 0.726. The van der Waals surface area contributed by atoms with Gasteiger partial charge in [0.15, 0.2) is 0 Å². The highest BCUT2D eigenvalue weighted by Crippen LogP contribution is 2.28. The fraction of sp³-hybridized carbons (Fsp3) is 0.200. The standard InChI is InChI=1S/C20H18N4O2/c1-24(12-17-8-14-4-2-3-5-19(14)26-17)20(25)15-6-7-18(23-11-15)16-9-21-13-22-10-16/h2-7,9-11,13,17H,8,12H2,1H3/t17-/m1/s1. The zero-order valence-corrected chi connectivity index (χ0v) is 14.4. The van der Waals surface area contributed by atoms with Crippen molar-refractivity contribution in [2.75, 3.05) is 13.6 Å². The van der Waals surface area contributed by atoms with Crippen LogP contribution in [0.5, 0.6) is 5.75 Å². The van der Waals surface area contributed by atoms with Crippen LogP contribution in [0.15, 0.2) is 61.3 Å². The van der Waals surface area contributed by atoms with Crippen LogP contribution in [-0.4, -0.2) is 45.5 Å². The molecule has 0 saturated carbocycles. The molecule has 6 nitrogen and oxygen atoms in total. The molecular formula is C20H18N4O2. The van der Waals surface area contributed by atoms with E-state index in [1.54, 1.807) is 36.6 Å². The zero-order valence-electron chi connectivity index (χ0n) is 14.4. The van der Waals surface area contributed by atoms with Gasteiger partial charge in [0.1, 0.15) is 18.2 Å². The molecule has 0 bridgehead atoms. The minimum Gasteiger partial charge on any atom is -0.488 e. The summed E-state index contributed by atoms with van der Waals surface area (Å²) in [5, 5.41) is 0. The van der Waals surface area contributed by atoms with Gasteiger partial charge in [0.2, 0.25) is 0 Å². The van der Waals surface area contributed by atoms with E-state index >= 15 is 0 Å². The van der Waals surface area contributed by atoms with Gasteiger partial charge in [0.05, 0.1) is 17.8 Å². The van der Waals surface area contributed by atoms with Gasteiger partial charge < -0.3 is 9.64 Å². The minimum atomic E-state index is -0.0760. The number of para-hydroxylation sites is 1. The maximum absolute atomic E-state index is 12.7. The summed E-state index contributed by atoms with van der Waals surface area (Å²) in [6.45, 7) is 0.530. The number of ether oxygens (including phenoxy) is 1. The summed E-state index contributed by atoms with van der Waals surface area (Å²) < 4.78 is 5.92. The van der Waals surface area contributed by atoms with Crippen molar-refractivity contribution in [3.63, 3.8) is 0 Å². The predicted molar refractivity (Wildman–Crippen MR) is 96.8 cm³/mol. The number of hydrogen-bond acceptors (Lipinski definition) is 5. The monoisotopic (exact) mass is 346 g/mol. The lowest BCUT2D eigenvalue weighted by molar-refractivity contribution is 0.0730. The third kappa shape index (κ3) is 3.26. The summed E-state index contributed by atoms with van der Waals surface area (Å²) in [6, 6.07) is 11.6. The summed E-state index contributed by atoms with van der Waals surface area (Å²) in [5.74, 6) is 0.836. The number of hydrogen-bond donors (Lipinski definition) is 0. The Balaban J connectivity index is 1.41. The van der Waals surface area contributed by atoms with Crippen LogP contribution in [0.1, 0.15) is 15.9 Å². The Morgan fingerprint density at radius 2 is 1.96 bits per heavy atom. The molecule has 1 aliphatic rings. The van der Waals surface area contributed by atoms with Crippen molar-refractivity contribution < 1.29 is 9.53 Å². The number of amides is 1. The molecule has 0 unspecified atom stereocenters. The van der Waals surface area contributed by atoms with Crippen molar-refractivity contribution in [1.29, 1.82) is 0 Å². The first kappa shape index (κ1) is 16.2. The first-order valence-electron chi connectivity index (χ1n) is 8.42. The molecule has 2 aromatic heterocycles. The highest BCUT2D eigenvalue weighted by Gasteiger charge is 2.25. The summed E-state index contributed by atoms with van der Waals surface area (Å²) in [5.41, 5.74) is 3.29. The average molecular weight is 346 g/mol. The topological polar surface area (TPSA) is 68.2 Å². The number of benzene rings is 1. The van der Waals surface area contributed by atoms with Crippen LogP contribution in [0, 0.1) is 0 Å². The highest BCUT2D eigenvalue weighted by molar-refractivity contribution is 5.94. The van der Waals surface area contributed by atoms with Gasteiger partial charge >= 0.3 is 0 Å². The zero-order chi connectivity index (χ0) is 17.9. The molecule has 3 heterocycles. The molecule has 0 radical (unpaired) electrons. The fourth-order valence-electron chi connectivity index (χ4n) is 3.09. The summed E-state index contributed by atoms with van der Waals surface area (Å²) in [4.78, 5) is 26.7. The Kier molecular flexibility index (Phi) is 4.31. The van der Waals surface area contributed by atoms with E-state index in [1.165, 1.54) is 11.9 Å². The van der Waals surface area contributed by atoms with Crippen molar-refractivity contribution in [3.05, 3.63) is 72.4 Å². The Labute approximate surface area is 151 Å². The molecule has 1 atom stereocenters. The van der Waals surface area contributed by atoms with Gasteiger partial charge in [0.25, 0.3) is 5.91 Å². The van der Waals surface area contributed by atoms with Gasteiger partial charge in [-0.3, -0.25) is 9.78 Å². The smallest absolute Gasteiger partial charge is 0.255 e. The summed E-state index contributed by atoms with van der Waals surface area (Å²) in [6.07, 6.45) is 7.25. The number of aromatic nitrogens is 3. The number of pyridine rings is 1. The third-order valence-electron chi connectivity index (χ3n) is 4.40. The lowest BCUT2D eigenvalue weighted by Crippen LogP contribution is -2.36. The molecule has 4 rings (SSSR count). The van der Waals surface area contributed by atoms with Crippen LogP contribution in [0.2, 0.25) is 0 Å². The summed E-state index contributed by atoms with van der Waals surface area (Å²) >= 11 is 0. The Hall–Kier alpha value is -3.28. The number of fused-ring (bicyclic) bond motifs is 1. The molecule has 3 aromatic rings. The number of carbonyl (C=O) groups is 1.